The standard InChI is InChI=1S/C25H30Cl2N2O4/c1-3-21(25(31)28-19-8-4-5-9-19)29(15-17-12-13-18(26)14-20(17)27)24(30)16-33-23-11-7-6-10-22(23)32-2/h6-7,10-14,19,21H,3-5,8-9,15-16H2,1-2H3,(H,28,31). The summed E-state index contributed by atoms with van der Waals surface area (Å²) >= 11 is 12.4. The minimum absolute atomic E-state index is 0.153. The van der Waals surface area contributed by atoms with Crippen LogP contribution in [0.25, 0.3) is 0 Å². The maximum atomic E-state index is 13.4. The fourth-order valence-electron chi connectivity index (χ4n) is 4.08. The number of methoxy groups -OCH3 is 1. The van der Waals surface area contributed by atoms with Crippen LogP contribution in [0.1, 0.15) is 44.6 Å². The Morgan fingerprint density at radius 3 is 2.45 bits per heavy atom. The minimum Gasteiger partial charge on any atom is -0.493 e. The number of amides is 2. The third kappa shape index (κ3) is 6.78. The van der Waals surface area contributed by atoms with E-state index < -0.39 is 6.04 Å². The van der Waals surface area contributed by atoms with Crippen molar-refractivity contribution in [2.24, 2.45) is 0 Å². The summed E-state index contributed by atoms with van der Waals surface area (Å²) in [4.78, 5) is 28.0. The van der Waals surface area contributed by atoms with E-state index in [9.17, 15) is 9.59 Å². The average molecular weight is 493 g/mol. The number of halogens is 2. The second-order valence-electron chi connectivity index (χ2n) is 8.11. The van der Waals surface area contributed by atoms with Gasteiger partial charge in [0.15, 0.2) is 18.1 Å². The molecule has 8 heteroatoms. The lowest BCUT2D eigenvalue weighted by molar-refractivity contribution is -0.143. The van der Waals surface area contributed by atoms with E-state index in [1.54, 1.807) is 43.5 Å². The molecule has 1 aliphatic carbocycles. The Balaban J connectivity index is 1.81. The van der Waals surface area contributed by atoms with E-state index in [0.717, 1.165) is 25.7 Å². The second-order valence-corrected chi connectivity index (χ2v) is 8.95. The van der Waals surface area contributed by atoms with Gasteiger partial charge in [-0.25, -0.2) is 0 Å². The highest BCUT2D eigenvalue weighted by Gasteiger charge is 2.31. The van der Waals surface area contributed by atoms with Crippen LogP contribution in [0.2, 0.25) is 10.0 Å². The third-order valence-corrected chi connectivity index (χ3v) is 6.45. The second kappa shape index (κ2) is 12.1. The van der Waals surface area contributed by atoms with Crippen LogP contribution >= 0.6 is 23.2 Å². The fraction of sp³-hybridized carbons (Fsp3) is 0.440. The highest BCUT2D eigenvalue weighted by molar-refractivity contribution is 6.35. The predicted molar refractivity (Wildman–Crippen MR) is 130 cm³/mol. The van der Waals surface area contributed by atoms with Gasteiger partial charge in [0.1, 0.15) is 6.04 Å². The molecule has 1 saturated carbocycles. The molecule has 2 aromatic rings. The topological polar surface area (TPSA) is 67.9 Å². The Kier molecular flexibility index (Phi) is 9.27. The Labute approximate surface area is 205 Å². The molecule has 1 aliphatic rings. The van der Waals surface area contributed by atoms with Crippen molar-refractivity contribution in [1.29, 1.82) is 0 Å². The lowest BCUT2D eigenvalue weighted by atomic mass is 10.1. The summed E-state index contributed by atoms with van der Waals surface area (Å²) in [5, 5.41) is 4.07. The molecule has 2 amide bonds. The smallest absolute Gasteiger partial charge is 0.261 e. The lowest BCUT2D eigenvalue weighted by Gasteiger charge is -2.31. The maximum absolute atomic E-state index is 13.4. The molecule has 0 aliphatic heterocycles. The van der Waals surface area contributed by atoms with Crippen molar-refractivity contribution in [3.05, 3.63) is 58.1 Å². The molecule has 1 unspecified atom stereocenters. The average Bonchev–Trinajstić information content (AvgIpc) is 3.31. The van der Waals surface area contributed by atoms with Gasteiger partial charge >= 0.3 is 0 Å². The summed E-state index contributed by atoms with van der Waals surface area (Å²) in [6.45, 7) is 1.82. The number of carbonyl (C=O) groups is 2. The van der Waals surface area contributed by atoms with E-state index in [-0.39, 0.29) is 31.0 Å². The van der Waals surface area contributed by atoms with Crippen molar-refractivity contribution >= 4 is 35.0 Å². The molecule has 0 aromatic heterocycles. The molecule has 1 N–H and O–H groups in total. The number of ether oxygens (including phenoxy) is 2. The van der Waals surface area contributed by atoms with Crippen LogP contribution in [0.4, 0.5) is 0 Å². The van der Waals surface area contributed by atoms with Gasteiger partial charge in [-0.2, -0.15) is 0 Å². The van der Waals surface area contributed by atoms with Crippen molar-refractivity contribution in [3.63, 3.8) is 0 Å². The van der Waals surface area contributed by atoms with Crippen molar-refractivity contribution < 1.29 is 19.1 Å². The first-order chi connectivity index (χ1) is 15.9. The SMILES string of the molecule is CCC(C(=O)NC1CCCC1)N(Cc1ccc(Cl)cc1Cl)C(=O)COc1ccccc1OC. The highest BCUT2D eigenvalue weighted by atomic mass is 35.5. The summed E-state index contributed by atoms with van der Waals surface area (Å²) in [5.41, 5.74) is 0.707. The number of nitrogens with zero attached hydrogens (tertiary/aromatic N) is 1. The number of benzene rings is 2. The minimum atomic E-state index is -0.647. The molecule has 0 radical (unpaired) electrons. The fourth-order valence-corrected chi connectivity index (χ4v) is 4.55. The summed E-state index contributed by atoms with van der Waals surface area (Å²) < 4.78 is 11.1. The number of rotatable bonds is 10. The summed E-state index contributed by atoms with van der Waals surface area (Å²) in [6, 6.07) is 11.8. The van der Waals surface area contributed by atoms with Crippen LogP contribution < -0.4 is 14.8 Å². The zero-order valence-corrected chi connectivity index (χ0v) is 20.5. The Morgan fingerprint density at radius 2 is 1.82 bits per heavy atom. The molecule has 0 saturated heterocycles. The first kappa shape index (κ1) is 25.2. The van der Waals surface area contributed by atoms with Gasteiger partial charge in [0.2, 0.25) is 5.91 Å². The quantitative estimate of drug-likeness (QED) is 0.491. The maximum Gasteiger partial charge on any atom is 0.261 e. The zero-order chi connectivity index (χ0) is 23.8. The van der Waals surface area contributed by atoms with Gasteiger partial charge in [-0.3, -0.25) is 9.59 Å². The van der Waals surface area contributed by atoms with Crippen molar-refractivity contribution in [3.8, 4) is 11.5 Å². The van der Waals surface area contributed by atoms with Gasteiger partial charge in [0, 0.05) is 22.6 Å². The van der Waals surface area contributed by atoms with Crippen molar-refractivity contribution in [1.82, 2.24) is 10.2 Å². The molecule has 1 fully saturated rings. The number of para-hydroxylation sites is 2. The van der Waals surface area contributed by atoms with Crippen LogP contribution in [-0.4, -0.2) is 42.5 Å². The largest absolute Gasteiger partial charge is 0.493 e. The molecular formula is C25H30Cl2N2O4. The molecule has 0 bridgehead atoms. The van der Waals surface area contributed by atoms with Crippen LogP contribution in [0.15, 0.2) is 42.5 Å². The van der Waals surface area contributed by atoms with Gasteiger partial charge in [0.05, 0.1) is 7.11 Å². The number of hydrogen-bond donors (Lipinski definition) is 1. The van der Waals surface area contributed by atoms with Crippen molar-refractivity contribution in [2.45, 2.75) is 57.7 Å². The molecule has 0 spiro atoms. The molecule has 33 heavy (non-hydrogen) atoms. The van der Waals surface area contributed by atoms with Gasteiger partial charge in [-0.1, -0.05) is 61.2 Å². The molecule has 0 heterocycles. The number of nitrogens with one attached hydrogen (secondary N) is 1. The van der Waals surface area contributed by atoms with Crippen LogP contribution in [-0.2, 0) is 16.1 Å². The molecule has 2 aromatic carbocycles. The molecule has 1 atom stereocenters. The highest BCUT2D eigenvalue weighted by Crippen LogP contribution is 2.27. The monoisotopic (exact) mass is 492 g/mol. The van der Waals surface area contributed by atoms with E-state index >= 15 is 0 Å². The molecular weight excluding hydrogens is 463 g/mol. The van der Waals surface area contributed by atoms with Crippen molar-refractivity contribution in [2.75, 3.05) is 13.7 Å². The van der Waals surface area contributed by atoms with E-state index in [1.165, 1.54) is 4.90 Å². The Morgan fingerprint density at radius 1 is 1.12 bits per heavy atom. The molecule has 178 valence electrons. The summed E-state index contributed by atoms with van der Waals surface area (Å²) in [7, 11) is 1.54. The summed E-state index contributed by atoms with van der Waals surface area (Å²) in [6.07, 6.45) is 4.62. The van der Waals surface area contributed by atoms with Crippen LogP contribution in [0.3, 0.4) is 0 Å². The predicted octanol–water partition coefficient (Wildman–Crippen LogP) is 5.25. The van der Waals surface area contributed by atoms with Crippen LogP contribution in [0, 0.1) is 0 Å². The van der Waals surface area contributed by atoms with E-state index in [1.807, 2.05) is 13.0 Å². The van der Waals surface area contributed by atoms with Gasteiger partial charge in [0.25, 0.3) is 5.91 Å². The first-order valence-corrected chi connectivity index (χ1v) is 12.0. The third-order valence-electron chi connectivity index (χ3n) is 5.86. The Bertz CT molecular complexity index is 963. The first-order valence-electron chi connectivity index (χ1n) is 11.2. The summed E-state index contributed by atoms with van der Waals surface area (Å²) in [5.74, 6) is 0.519. The zero-order valence-electron chi connectivity index (χ0n) is 19.0. The van der Waals surface area contributed by atoms with E-state index in [4.69, 9.17) is 32.7 Å². The normalized spacial score (nSPS) is 14.5. The van der Waals surface area contributed by atoms with E-state index in [2.05, 4.69) is 5.32 Å². The van der Waals surface area contributed by atoms with Gasteiger partial charge in [-0.15, -0.1) is 0 Å². The number of carbonyl (C=O) groups excluding carboxylic acids is 2. The van der Waals surface area contributed by atoms with Gasteiger partial charge in [-0.05, 0) is 49.1 Å². The lowest BCUT2D eigenvalue weighted by Crippen LogP contribution is -2.52. The Hall–Kier alpha value is -2.44. The van der Waals surface area contributed by atoms with Gasteiger partial charge < -0.3 is 19.7 Å². The molecule has 6 nitrogen and oxygen atoms in total. The van der Waals surface area contributed by atoms with E-state index in [0.29, 0.717) is 33.5 Å². The molecule has 3 rings (SSSR count). The van der Waals surface area contributed by atoms with Crippen LogP contribution in [0.5, 0.6) is 11.5 Å². The number of hydrogen-bond acceptors (Lipinski definition) is 4.